The lowest BCUT2D eigenvalue weighted by molar-refractivity contribution is -0.241. The molecule has 0 bridgehead atoms. The summed E-state index contributed by atoms with van der Waals surface area (Å²) in [5, 5.41) is 10.9. The molecular formula is C16H19N3O5S. The molecule has 2 fully saturated rings. The molecule has 2 saturated heterocycles. The maximum Gasteiger partial charge on any atom is 0.365 e. The first-order valence-electron chi connectivity index (χ1n) is 7.74. The average Bonchev–Trinajstić information content (AvgIpc) is 2.86. The van der Waals surface area contributed by atoms with Crippen LogP contribution in [0.25, 0.3) is 0 Å². The summed E-state index contributed by atoms with van der Waals surface area (Å²) in [5.74, 6) is -1.75. The Morgan fingerprint density at radius 2 is 2.00 bits per heavy atom. The number of nitrogens with two attached hydrogens (primary N) is 1. The fraction of sp³-hybridized carbons (Fsp3) is 0.438. The normalized spacial score (nSPS) is 27.9. The van der Waals surface area contributed by atoms with Crippen molar-refractivity contribution in [1.29, 1.82) is 0 Å². The minimum absolute atomic E-state index is 0.396. The molecule has 2 aliphatic heterocycles. The Morgan fingerprint density at radius 3 is 2.60 bits per heavy atom. The van der Waals surface area contributed by atoms with Gasteiger partial charge in [0.25, 0.3) is 0 Å². The largest absolute Gasteiger partial charge is 0.365 e. The van der Waals surface area contributed by atoms with Crippen molar-refractivity contribution >= 4 is 29.5 Å². The van der Waals surface area contributed by atoms with E-state index < -0.39 is 46.0 Å². The molecule has 0 spiro atoms. The molecule has 2 heterocycles. The molecule has 9 heteroatoms. The number of thioether (sulfide) groups is 1. The van der Waals surface area contributed by atoms with Gasteiger partial charge in [-0.1, -0.05) is 30.3 Å². The van der Waals surface area contributed by atoms with Crippen LogP contribution in [0.2, 0.25) is 0 Å². The fourth-order valence-corrected chi connectivity index (χ4v) is 4.85. The van der Waals surface area contributed by atoms with E-state index >= 15 is 0 Å². The van der Waals surface area contributed by atoms with Crippen molar-refractivity contribution in [1.82, 2.24) is 10.2 Å². The second kappa shape index (κ2) is 6.32. The zero-order chi connectivity index (χ0) is 18.4. The Morgan fingerprint density at radius 1 is 1.36 bits per heavy atom. The lowest BCUT2D eigenvalue weighted by Gasteiger charge is -2.43. The first-order valence-corrected chi connectivity index (χ1v) is 8.62. The number of nitrogens with zero attached hydrogens (tertiary/aromatic N) is 1. The van der Waals surface area contributed by atoms with E-state index in [0.717, 1.165) is 0 Å². The number of rotatable bonds is 4. The fourth-order valence-electron chi connectivity index (χ4n) is 3.23. The van der Waals surface area contributed by atoms with E-state index in [1.54, 1.807) is 38.1 Å². The molecule has 0 aliphatic carbocycles. The Hall–Kier alpha value is -2.10. The van der Waals surface area contributed by atoms with E-state index in [1.807, 2.05) is 6.07 Å². The maximum atomic E-state index is 12.4. The number of carbonyl (C=O) groups excluding carboxylic acids is 3. The Labute approximate surface area is 148 Å². The molecule has 0 saturated carbocycles. The van der Waals surface area contributed by atoms with Crippen molar-refractivity contribution in [3.8, 4) is 0 Å². The van der Waals surface area contributed by atoms with E-state index in [9.17, 15) is 14.4 Å². The van der Waals surface area contributed by atoms with Crippen LogP contribution in [0.5, 0.6) is 0 Å². The summed E-state index contributed by atoms with van der Waals surface area (Å²) in [6, 6.07) is 6.29. The number of amides is 2. The molecule has 25 heavy (non-hydrogen) atoms. The highest BCUT2D eigenvalue weighted by Crippen LogP contribution is 2.51. The lowest BCUT2D eigenvalue weighted by atomic mass is 9.95. The van der Waals surface area contributed by atoms with Crippen molar-refractivity contribution in [2.75, 3.05) is 0 Å². The van der Waals surface area contributed by atoms with Crippen LogP contribution in [0.15, 0.2) is 30.3 Å². The van der Waals surface area contributed by atoms with Crippen LogP contribution in [-0.2, 0) is 19.3 Å². The molecule has 8 nitrogen and oxygen atoms in total. The Kier molecular flexibility index (Phi) is 4.48. The zero-order valence-electron chi connectivity index (χ0n) is 13.7. The van der Waals surface area contributed by atoms with Gasteiger partial charge in [-0.25, -0.2) is 4.79 Å². The molecule has 2 amide bonds. The number of fused-ring (bicyclic) bond motifs is 1. The van der Waals surface area contributed by atoms with Gasteiger partial charge in [-0.3, -0.25) is 14.5 Å². The van der Waals surface area contributed by atoms with Gasteiger partial charge in [-0.05, 0) is 19.4 Å². The van der Waals surface area contributed by atoms with Crippen LogP contribution in [0, 0.1) is 0 Å². The number of β-lactam (4-membered cyclic amide) rings is 1. The second-order valence-corrected chi connectivity index (χ2v) is 8.32. The minimum Gasteiger partial charge on any atom is -0.340 e. The van der Waals surface area contributed by atoms with Gasteiger partial charge in [-0.15, -0.1) is 11.8 Å². The number of hydrogen-bond acceptors (Lipinski definition) is 7. The van der Waals surface area contributed by atoms with E-state index in [2.05, 4.69) is 10.2 Å². The third-order valence-corrected chi connectivity index (χ3v) is 6.06. The van der Waals surface area contributed by atoms with Crippen LogP contribution in [0.4, 0.5) is 0 Å². The van der Waals surface area contributed by atoms with E-state index in [-0.39, 0.29) is 0 Å². The van der Waals surface area contributed by atoms with Gasteiger partial charge in [-0.2, -0.15) is 5.26 Å². The number of carbonyl (C=O) groups is 3. The molecule has 134 valence electrons. The highest BCUT2D eigenvalue weighted by Gasteiger charge is 2.64. The summed E-state index contributed by atoms with van der Waals surface area (Å²) in [5.41, 5.74) is 6.59. The standard InChI is InChI=1S/C16H19N3O5S/c1-16(2)11(15(22)24-23)19-13(21)10(14(19)25-16)18-12(20)9(17)8-6-4-3-5-7-8/h3-7,9-11,14,23H,17H2,1-2H3,(H,18,20)/t9-,10-,11+,14-/m1/s1. The van der Waals surface area contributed by atoms with Crippen LogP contribution in [0.1, 0.15) is 25.5 Å². The van der Waals surface area contributed by atoms with Crippen molar-refractivity contribution < 1.29 is 24.5 Å². The van der Waals surface area contributed by atoms with Crippen LogP contribution in [0.3, 0.4) is 0 Å². The Bertz CT molecular complexity index is 711. The predicted octanol–water partition coefficient (Wildman–Crippen LogP) is 0.250. The monoisotopic (exact) mass is 365 g/mol. The van der Waals surface area contributed by atoms with Crippen LogP contribution < -0.4 is 11.1 Å². The third kappa shape index (κ3) is 2.88. The molecule has 4 N–H and O–H groups in total. The molecule has 0 aromatic heterocycles. The molecule has 4 atom stereocenters. The van der Waals surface area contributed by atoms with Crippen molar-refractivity contribution in [2.45, 2.75) is 42.1 Å². The Balaban J connectivity index is 1.71. The maximum absolute atomic E-state index is 12.4. The lowest BCUT2D eigenvalue weighted by Crippen LogP contribution is -2.71. The van der Waals surface area contributed by atoms with Gasteiger partial charge in [0.05, 0.1) is 0 Å². The summed E-state index contributed by atoms with van der Waals surface area (Å²) in [6.45, 7) is 3.55. The number of hydrogen-bond donors (Lipinski definition) is 3. The molecular weight excluding hydrogens is 346 g/mol. The number of nitrogens with one attached hydrogen (secondary N) is 1. The second-order valence-electron chi connectivity index (χ2n) is 6.54. The van der Waals surface area contributed by atoms with Gasteiger partial charge in [0.15, 0.2) is 0 Å². The summed E-state index contributed by atoms with van der Waals surface area (Å²) in [7, 11) is 0. The van der Waals surface area contributed by atoms with Gasteiger partial charge >= 0.3 is 5.97 Å². The van der Waals surface area contributed by atoms with E-state index in [1.165, 1.54) is 16.7 Å². The van der Waals surface area contributed by atoms with Gasteiger partial charge in [0.2, 0.25) is 11.8 Å². The van der Waals surface area contributed by atoms with Crippen LogP contribution >= 0.6 is 11.8 Å². The summed E-state index contributed by atoms with van der Waals surface area (Å²) in [4.78, 5) is 41.8. The first-order chi connectivity index (χ1) is 11.8. The van der Waals surface area contributed by atoms with Crippen molar-refractivity contribution in [3.63, 3.8) is 0 Å². The number of benzene rings is 1. The summed E-state index contributed by atoms with van der Waals surface area (Å²) >= 11 is 1.37. The topological polar surface area (TPSA) is 122 Å². The van der Waals surface area contributed by atoms with E-state index in [4.69, 9.17) is 11.0 Å². The van der Waals surface area contributed by atoms with Gasteiger partial charge in [0.1, 0.15) is 23.5 Å². The van der Waals surface area contributed by atoms with Gasteiger partial charge in [0, 0.05) is 4.75 Å². The highest BCUT2D eigenvalue weighted by atomic mass is 32.2. The molecule has 3 rings (SSSR count). The average molecular weight is 365 g/mol. The molecule has 1 aromatic rings. The summed E-state index contributed by atoms with van der Waals surface area (Å²) < 4.78 is -0.652. The quantitative estimate of drug-likeness (QED) is 0.397. The molecule has 1 aromatic carbocycles. The molecule has 0 unspecified atom stereocenters. The molecule has 0 radical (unpaired) electrons. The molecule has 2 aliphatic rings. The van der Waals surface area contributed by atoms with Crippen LogP contribution in [-0.4, -0.2) is 50.1 Å². The SMILES string of the molecule is CC1(C)S[C@@H]2[C@H](NC(=O)[C@H](N)c3ccccc3)C(=O)N2[C@H]1C(=O)OO. The van der Waals surface area contributed by atoms with Crippen molar-refractivity contribution in [3.05, 3.63) is 35.9 Å². The minimum atomic E-state index is -0.907. The highest BCUT2D eigenvalue weighted by molar-refractivity contribution is 8.01. The smallest absolute Gasteiger partial charge is 0.340 e. The first kappa shape index (κ1) is 17.7. The van der Waals surface area contributed by atoms with Crippen molar-refractivity contribution in [2.24, 2.45) is 5.73 Å². The van der Waals surface area contributed by atoms with Gasteiger partial charge < -0.3 is 16.0 Å². The third-order valence-electron chi connectivity index (χ3n) is 4.49. The summed E-state index contributed by atoms with van der Waals surface area (Å²) in [6.07, 6.45) is 0. The predicted molar refractivity (Wildman–Crippen MR) is 90.1 cm³/mol. The zero-order valence-corrected chi connectivity index (χ0v) is 14.5. The van der Waals surface area contributed by atoms with E-state index in [0.29, 0.717) is 5.56 Å².